The molecule has 8 nitrogen and oxygen atoms in total. The Balaban J connectivity index is 1.57. The van der Waals surface area contributed by atoms with Gasteiger partial charge in [0.15, 0.2) is 0 Å². The van der Waals surface area contributed by atoms with Crippen molar-refractivity contribution in [3.63, 3.8) is 0 Å². The number of carbonyl (C=O) groups excluding carboxylic acids is 3. The number of fused-ring (bicyclic) bond motifs is 1. The fourth-order valence-electron chi connectivity index (χ4n) is 5.97. The highest BCUT2D eigenvalue weighted by Crippen LogP contribution is 2.49. The van der Waals surface area contributed by atoms with E-state index in [2.05, 4.69) is 0 Å². The van der Waals surface area contributed by atoms with Gasteiger partial charge in [0.2, 0.25) is 5.91 Å². The van der Waals surface area contributed by atoms with E-state index in [0.717, 1.165) is 18.4 Å². The molecule has 0 aromatic heterocycles. The molecule has 42 heavy (non-hydrogen) atoms. The van der Waals surface area contributed by atoms with Crippen LogP contribution in [0.25, 0.3) is 0 Å². The van der Waals surface area contributed by atoms with Crippen molar-refractivity contribution in [3.8, 4) is 11.5 Å². The summed E-state index contributed by atoms with van der Waals surface area (Å²) >= 11 is 13.2. The van der Waals surface area contributed by atoms with E-state index in [9.17, 15) is 14.4 Å². The Bertz CT molecular complexity index is 1560. The minimum atomic E-state index is -1.25. The summed E-state index contributed by atoms with van der Waals surface area (Å²) in [5.74, 6) is 0.233. The third kappa shape index (κ3) is 5.07. The Morgan fingerprint density at radius 3 is 2.45 bits per heavy atom. The molecule has 1 saturated heterocycles. The van der Waals surface area contributed by atoms with Crippen LogP contribution in [-0.4, -0.2) is 56.6 Å². The number of likely N-dealkylation sites (tertiary alicyclic amines) is 1. The Hall–Kier alpha value is -3.75. The molecule has 5 rings (SSSR count). The Labute approximate surface area is 255 Å². The Kier molecular flexibility index (Phi) is 8.39. The normalized spacial score (nSPS) is 19.9. The number of nitrogens with zero attached hydrogens (tertiary/aromatic N) is 2. The third-order valence-electron chi connectivity index (χ3n) is 8.27. The number of halogens is 2. The standard InChI is InChI=1S/C32H32Cl2N2O6/c1-32(23-15-19(9-12-25(23)34)29(37)35-14-6-5-7-27(35)30(38)42-4)24-16-21(33)10-13-26(24)36(31(32)39)18-20-8-11-22(40-2)17-28(20)41-3/h8-13,15-17,27H,5-7,14,18H2,1-4H3. The minimum Gasteiger partial charge on any atom is -0.497 e. The van der Waals surface area contributed by atoms with Gasteiger partial charge < -0.3 is 24.0 Å². The Morgan fingerprint density at radius 2 is 1.74 bits per heavy atom. The maximum atomic E-state index is 14.4. The fraction of sp³-hybridized carbons (Fsp3) is 0.344. The molecular weight excluding hydrogens is 579 g/mol. The summed E-state index contributed by atoms with van der Waals surface area (Å²) in [6.45, 7) is 2.45. The molecule has 0 aliphatic carbocycles. The molecule has 2 aliphatic rings. The molecule has 0 bridgehead atoms. The van der Waals surface area contributed by atoms with Crippen LogP contribution in [0.3, 0.4) is 0 Å². The van der Waals surface area contributed by atoms with E-state index in [0.29, 0.717) is 56.9 Å². The molecule has 10 heteroatoms. The zero-order chi connectivity index (χ0) is 30.2. The quantitative estimate of drug-likeness (QED) is 0.304. The van der Waals surface area contributed by atoms with Crippen LogP contribution >= 0.6 is 23.2 Å². The molecule has 1 fully saturated rings. The lowest BCUT2D eigenvalue weighted by Crippen LogP contribution is -2.48. The van der Waals surface area contributed by atoms with E-state index in [-0.39, 0.29) is 18.4 Å². The van der Waals surface area contributed by atoms with Crippen LogP contribution in [-0.2, 0) is 26.3 Å². The molecular formula is C32H32Cl2N2O6. The zero-order valence-electron chi connectivity index (χ0n) is 23.9. The average molecular weight is 612 g/mol. The number of methoxy groups -OCH3 is 3. The molecule has 0 N–H and O–H groups in total. The molecule has 2 atom stereocenters. The highest BCUT2D eigenvalue weighted by Gasteiger charge is 2.50. The lowest BCUT2D eigenvalue weighted by molar-refractivity contribution is -0.147. The molecule has 220 valence electrons. The van der Waals surface area contributed by atoms with Crippen molar-refractivity contribution in [2.24, 2.45) is 0 Å². The molecule has 2 unspecified atom stereocenters. The van der Waals surface area contributed by atoms with E-state index >= 15 is 0 Å². The highest BCUT2D eigenvalue weighted by atomic mass is 35.5. The van der Waals surface area contributed by atoms with Crippen LogP contribution in [0, 0.1) is 0 Å². The van der Waals surface area contributed by atoms with Crippen molar-refractivity contribution in [1.29, 1.82) is 0 Å². The SMILES string of the molecule is COC(=O)C1CCCCN1C(=O)c1ccc(Cl)c(C2(C)C(=O)N(Cc3ccc(OC)cc3OC)c3ccc(Cl)cc32)c1. The molecule has 0 spiro atoms. The van der Waals surface area contributed by atoms with E-state index in [1.54, 1.807) is 67.3 Å². The molecule has 0 radical (unpaired) electrons. The number of carbonyl (C=O) groups is 3. The van der Waals surface area contributed by atoms with Crippen molar-refractivity contribution in [2.45, 2.75) is 44.2 Å². The second-order valence-electron chi connectivity index (χ2n) is 10.6. The highest BCUT2D eigenvalue weighted by molar-refractivity contribution is 6.33. The van der Waals surface area contributed by atoms with Crippen molar-refractivity contribution in [1.82, 2.24) is 4.90 Å². The number of ether oxygens (including phenoxy) is 3. The van der Waals surface area contributed by atoms with Gasteiger partial charge in [-0.1, -0.05) is 23.2 Å². The van der Waals surface area contributed by atoms with Crippen molar-refractivity contribution in [2.75, 3.05) is 32.8 Å². The van der Waals surface area contributed by atoms with Gasteiger partial charge in [0.05, 0.1) is 27.9 Å². The van der Waals surface area contributed by atoms with Crippen LogP contribution in [0.1, 0.15) is 53.2 Å². The largest absolute Gasteiger partial charge is 0.497 e. The molecule has 2 aliphatic heterocycles. The van der Waals surface area contributed by atoms with Crippen LogP contribution in [0.15, 0.2) is 54.6 Å². The summed E-state index contributed by atoms with van der Waals surface area (Å²) in [6.07, 6.45) is 2.14. The smallest absolute Gasteiger partial charge is 0.328 e. The monoisotopic (exact) mass is 610 g/mol. The van der Waals surface area contributed by atoms with Crippen LogP contribution in [0.2, 0.25) is 10.0 Å². The number of esters is 1. The summed E-state index contributed by atoms with van der Waals surface area (Å²) in [5, 5.41) is 0.801. The topological polar surface area (TPSA) is 85.4 Å². The minimum absolute atomic E-state index is 0.223. The van der Waals surface area contributed by atoms with Crippen molar-refractivity contribution in [3.05, 3.63) is 86.9 Å². The third-order valence-corrected chi connectivity index (χ3v) is 8.84. The molecule has 3 aromatic rings. The number of anilines is 1. The van der Waals surface area contributed by atoms with Crippen LogP contribution in [0.4, 0.5) is 5.69 Å². The first-order valence-corrected chi connectivity index (χ1v) is 14.4. The number of amides is 2. The lowest BCUT2D eigenvalue weighted by Gasteiger charge is -2.34. The fourth-order valence-corrected chi connectivity index (χ4v) is 6.45. The van der Waals surface area contributed by atoms with E-state index in [1.165, 1.54) is 7.11 Å². The maximum absolute atomic E-state index is 14.4. The number of hydrogen-bond acceptors (Lipinski definition) is 6. The number of hydrogen-bond donors (Lipinski definition) is 0. The van der Waals surface area contributed by atoms with Gasteiger partial charge in [0, 0.05) is 39.5 Å². The number of rotatable bonds is 7. The van der Waals surface area contributed by atoms with Crippen LogP contribution < -0.4 is 14.4 Å². The second-order valence-corrected chi connectivity index (χ2v) is 11.4. The summed E-state index contributed by atoms with van der Waals surface area (Å²) in [6, 6.07) is 15.0. The summed E-state index contributed by atoms with van der Waals surface area (Å²) in [7, 11) is 4.47. The number of piperidine rings is 1. The molecule has 0 saturated carbocycles. The van der Waals surface area contributed by atoms with Gasteiger partial charge in [-0.2, -0.15) is 0 Å². The summed E-state index contributed by atoms with van der Waals surface area (Å²) < 4.78 is 15.9. The first-order valence-electron chi connectivity index (χ1n) is 13.7. The average Bonchev–Trinajstić information content (AvgIpc) is 3.22. The van der Waals surface area contributed by atoms with Gasteiger partial charge in [0.25, 0.3) is 5.91 Å². The second kappa shape index (κ2) is 11.9. The first-order chi connectivity index (χ1) is 20.1. The lowest BCUT2D eigenvalue weighted by atomic mass is 9.76. The van der Waals surface area contributed by atoms with Gasteiger partial charge >= 0.3 is 5.97 Å². The maximum Gasteiger partial charge on any atom is 0.328 e. The predicted octanol–water partition coefficient (Wildman–Crippen LogP) is 6.03. The van der Waals surface area contributed by atoms with Gasteiger partial charge in [-0.15, -0.1) is 0 Å². The molecule has 2 amide bonds. The molecule has 3 aromatic carbocycles. The van der Waals surface area contributed by atoms with Crippen molar-refractivity contribution < 1.29 is 28.6 Å². The van der Waals surface area contributed by atoms with Gasteiger partial charge in [-0.05, 0) is 85.8 Å². The predicted molar refractivity (Wildman–Crippen MR) is 161 cm³/mol. The van der Waals surface area contributed by atoms with Gasteiger partial charge in [0.1, 0.15) is 23.0 Å². The van der Waals surface area contributed by atoms with Gasteiger partial charge in [-0.25, -0.2) is 4.79 Å². The van der Waals surface area contributed by atoms with Crippen LogP contribution in [0.5, 0.6) is 11.5 Å². The number of benzene rings is 3. The summed E-state index contributed by atoms with van der Waals surface area (Å²) in [4.78, 5) is 43.9. The zero-order valence-corrected chi connectivity index (χ0v) is 25.4. The van der Waals surface area contributed by atoms with Crippen molar-refractivity contribution >= 4 is 46.7 Å². The summed E-state index contributed by atoms with van der Waals surface area (Å²) in [5.41, 5.74) is 1.68. The van der Waals surface area contributed by atoms with E-state index in [1.807, 2.05) is 18.2 Å². The first kappa shape index (κ1) is 29.7. The van der Waals surface area contributed by atoms with Gasteiger partial charge in [-0.3, -0.25) is 9.59 Å². The van der Waals surface area contributed by atoms with E-state index < -0.39 is 17.4 Å². The van der Waals surface area contributed by atoms with E-state index in [4.69, 9.17) is 37.4 Å². The molecule has 2 heterocycles. The Morgan fingerprint density at radius 1 is 0.952 bits per heavy atom.